The molecule has 1 saturated carbocycles. The summed E-state index contributed by atoms with van der Waals surface area (Å²) in [4.78, 5) is 27.5. The Morgan fingerprint density at radius 1 is 1.39 bits per heavy atom. The highest BCUT2D eigenvalue weighted by Gasteiger charge is 2.54. The number of ether oxygens (including phenoxy) is 1. The van der Waals surface area contributed by atoms with Gasteiger partial charge in [0.15, 0.2) is 0 Å². The molecule has 18 heavy (non-hydrogen) atoms. The second-order valence-corrected chi connectivity index (χ2v) is 6.20. The minimum absolute atomic E-state index is 0.0344. The molecular weight excluding hydrogens is 232 g/mol. The average Bonchev–Trinajstić information content (AvgIpc) is 2.95. The molecule has 1 spiro atoms. The fourth-order valence-electron chi connectivity index (χ4n) is 2.55. The Labute approximate surface area is 108 Å². The Balaban J connectivity index is 2.05. The molecule has 0 aromatic carbocycles. The van der Waals surface area contributed by atoms with Crippen LogP contribution in [0.25, 0.3) is 0 Å². The van der Waals surface area contributed by atoms with E-state index in [0.717, 1.165) is 19.4 Å². The van der Waals surface area contributed by atoms with Crippen molar-refractivity contribution in [3.05, 3.63) is 0 Å². The number of hydrogen-bond donors (Lipinski definition) is 0. The van der Waals surface area contributed by atoms with Gasteiger partial charge >= 0.3 is 6.09 Å². The van der Waals surface area contributed by atoms with Gasteiger partial charge in [-0.25, -0.2) is 4.79 Å². The van der Waals surface area contributed by atoms with Gasteiger partial charge in [-0.15, -0.1) is 0 Å². The van der Waals surface area contributed by atoms with Crippen molar-refractivity contribution in [2.24, 2.45) is 0 Å². The molecule has 2 fully saturated rings. The summed E-state index contributed by atoms with van der Waals surface area (Å²) in [6.07, 6.45) is 1.61. The van der Waals surface area contributed by atoms with Crippen molar-refractivity contribution in [3.8, 4) is 0 Å². The zero-order chi connectivity index (χ0) is 13.6. The van der Waals surface area contributed by atoms with Gasteiger partial charge in [-0.2, -0.15) is 0 Å². The van der Waals surface area contributed by atoms with E-state index in [9.17, 15) is 9.59 Å². The summed E-state index contributed by atoms with van der Waals surface area (Å²) in [5, 5.41) is 0. The Kier molecular flexibility index (Phi) is 3.03. The third-order valence-corrected chi connectivity index (χ3v) is 3.48. The molecule has 1 heterocycles. The van der Waals surface area contributed by atoms with Gasteiger partial charge in [-0.1, -0.05) is 0 Å². The molecule has 1 aliphatic heterocycles. The van der Waals surface area contributed by atoms with Crippen LogP contribution >= 0.6 is 0 Å². The van der Waals surface area contributed by atoms with Crippen LogP contribution in [0.5, 0.6) is 0 Å². The first-order chi connectivity index (χ1) is 8.27. The maximum absolute atomic E-state index is 12.0. The van der Waals surface area contributed by atoms with Crippen molar-refractivity contribution in [2.75, 3.05) is 19.6 Å². The molecule has 0 aromatic rings. The van der Waals surface area contributed by atoms with Crippen molar-refractivity contribution >= 4 is 12.0 Å². The standard InChI is InChI=1S/C13H22N2O3/c1-5-15-10(16)8-14(9-13(15)6-7-13)11(17)18-12(2,3)4/h5-9H2,1-4H3. The molecule has 0 bridgehead atoms. The smallest absolute Gasteiger partial charge is 0.410 e. The van der Waals surface area contributed by atoms with Crippen LogP contribution in [0.4, 0.5) is 4.79 Å². The Hall–Kier alpha value is -1.26. The highest BCUT2D eigenvalue weighted by atomic mass is 16.6. The topological polar surface area (TPSA) is 49.9 Å². The summed E-state index contributed by atoms with van der Waals surface area (Å²) in [6, 6.07) is 0. The van der Waals surface area contributed by atoms with E-state index in [1.165, 1.54) is 0 Å². The van der Waals surface area contributed by atoms with E-state index < -0.39 is 5.60 Å². The number of carbonyl (C=O) groups is 2. The molecule has 1 aliphatic carbocycles. The largest absolute Gasteiger partial charge is 0.444 e. The maximum atomic E-state index is 12.0. The minimum atomic E-state index is -0.515. The number of amides is 2. The monoisotopic (exact) mass is 254 g/mol. The quantitative estimate of drug-likeness (QED) is 0.714. The molecule has 2 amide bonds. The second-order valence-electron chi connectivity index (χ2n) is 6.20. The summed E-state index contributed by atoms with van der Waals surface area (Å²) in [6.45, 7) is 8.97. The molecule has 0 aromatic heterocycles. The predicted octanol–water partition coefficient (Wildman–Crippen LogP) is 1.62. The van der Waals surface area contributed by atoms with Crippen LogP contribution in [0.3, 0.4) is 0 Å². The van der Waals surface area contributed by atoms with Crippen molar-refractivity contribution in [1.29, 1.82) is 0 Å². The van der Waals surface area contributed by atoms with E-state index in [1.54, 1.807) is 4.90 Å². The molecule has 0 radical (unpaired) electrons. The summed E-state index contributed by atoms with van der Waals surface area (Å²) in [7, 11) is 0. The van der Waals surface area contributed by atoms with E-state index >= 15 is 0 Å². The lowest BCUT2D eigenvalue weighted by Crippen LogP contribution is -2.59. The SMILES string of the molecule is CCN1C(=O)CN(C(=O)OC(C)(C)C)CC12CC2. The van der Waals surface area contributed by atoms with Crippen molar-refractivity contribution in [3.63, 3.8) is 0 Å². The van der Waals surface area contributed by atoms with Crippen molar-refractivity contribution in [1.82, 2.24) is 9.80 Å². The third-order valence-electron chi connectivity index (χ3n) is 3.48. The summed E-state index contributed by atoms with van der Waals surface area (Å²) in [5.41, 5.74) is -0.611. The molecule has 5 nitrogen and oxygen atoms in total. The van der Waals surface area contributed by atoms with Crippen molar-refractivity contribution in [2.45, 2.75) is 51.7 Å². The zero-order valence-electron chi connectivity index (χ0n) is 11.7. The van der Waals surface area contributed by atoms with Gasteiger partial charge in [0, 0.05) is 13.1 Å². The number of piperazine rings is 1. The van der Waals surface area contributed by atoms with Crippen LogP contribution in [0, 0.1) is 0 Å². The molecule has 0 atom stereocenters. The van der Waals surface area contributed by atoms with E-state index in [-0.39, 0.29) is 24.1 Å². The van der Waals surface area contributed by atoms with Gasteiger partial charge in [-0.05, 0) is 40.5 Å². The van der Waals surface area contributed by atoms with E-state index in [0.29, 0.717) is 6.54 Å². The molecule has 0 unspecified atom stereocenters. The van der Waals surface area contributed by atoms with Crippen LogP contribution in [0.2, 0.25) is 0 Å². The number of nitrogens with zero attached hydrogens (tertiary/aromatic N) is 2. The molecule has 2 aliphatic rings. The lowest BCUT2D eigenvalue weighted by Gasteiger charge is -2.41. The zero-order valence-corrected chi connectivity index (χ0v) is 11.7. The number of hydrogen-bond acceptors (Lipinski definition) is 3. The van der Waals surface area contributed by atoms with Crippen LogP contribution in [0.15, 0.2) is 0 Å². The summed E-state index contributed by atoms with van der Waals surface area (Å²) < 4.78 is 5.33. The average molecular weight is 254 g/mol. The lowest BCUT2D eigenvalue weighted by atomic mass is 10.1. The van der Waals surface area contributed by atoms with E-state index in [4.69, 9.17) is 4.74 Å². The summed E-state index contributed by atoms with van der Waals surface area (Å²) in [5.74, 6) is 0.0344. The van der Waals surface area contributed by atoms with E-state index in [1.807, 2.05) is 32.6 Å². The Morgan fingerprint density at radius 3 is 2.44 bits per heavy atom. The predicted molar refractivity (Wildman–Crippen MR) is 67.2 cm³/mol. The number of carbonyl (C=O) groups excluding carboxylic acids is 2. The summed E-state index contributed by atoms with van der Waals surface area (Å²) >= 11 is 0. The third kappa shape index (κ3) is 2.44. The van der Waals surface area contributed by atoms with Gasteiger partial charge in [-0.3, -0.25) is 9.69 Å². The lowest BCUT2D eigenvalue weighted by molar-refractivity contribution is -0.140. The molecule has 2 rings (SSSR count). The van der Waals surface area contributed by atoms with Gasteiger partial charge in [0.2, 0.25) is 5.91 Å². The van der Waals surface area contributed by atoms with Gasteiger partial charge in [0.1, 0.15) is 12.1 Å². The first kappa shape index (κ1) is 13.2. The minimum Gasteiger partial charge on any atom is -0.444 e. The molecule has 102 valence electrons. The Morgan fingerprint density at radius 2 is 2.00 bits per heavy atom. The highest BCUT2D eigenvalue weighted by Crippen LogP contribution is 2.44. The highest BCUT2D eigenvalue weighted by molar-refractivity contribution is 5.85. The normalized spacial score (nSPS) is 22.3. The number of rotatable bonds is 1. The first-order valence-electron chi connectivity index (χ1n) is 6.56. The van der Waals surface area contributed by atoms with E-state index in [2.05, 4.69) is 0 Å². The van der Waals surface area contributed by atoms with Gasteiger partial charge in [0.25, 0.3) is 0 Å². The van der Waals surface area contributed by atoms with Crippen LogP contribution < -0.4 is 0 Å². The number of likely N-dealkylation sites (N-methyl/N-ethyl adjacent to an activating group) is 1. The van der Waals surface area contributed by atoms with Crippen LogP contribution in [-0.4, -0.2) is 52.6 Å². The first-order valence-corrected chi connectivity index (χ1v) is 6.56. The second kappa shape index (κ2) is 4.14. The van der Waals surface area contributed by atoms with Gasteiger partial charge < -0.3 is 9.64 Å². The van der Waals surface area contributed by atoms with Crippen molar-refractivity contribution < 1.29 is 14.3 Å². The molecule has 5 heteroatoms. The fraction of sp³-hybridized carbons (Fsp3) is 0.846. The van der Waals surface area contributed by atoms with Crippen LogP contribution in [0.1, 0.15) is 40.5 Å². The molecule has 1 saturated heterocycles. The fourth-order valence-corrected chi connectivity index (χ4v) is 2.55. The maximum Gasteiger partial charge on any atom is 0.410 e. The molecular formula is C13H22N2O3. The molecule has 0 N–H and O–H groups in total. The van der Waals surface area contributed by atoms with Gasteiger partial charge in [0.05, 0.1) is 5.54 Å². The Bertz CT molecular complexity index is 369. The van der Waals surface area contributed by atoms with Crippen LogP contribution in [-0.2, 0) is 9.53 Å².